The first-order valence-corrected chi connectivity index (χ1v) is 6.45. The smallest absolute Gasteiger partial charge is 0.271 e. The molecule has 1 aromatic heterocycles. The van der Waals surface area contributed by atoms with Gasteiger partial charge in [-0.05, 0) is 13.3 Å². The van der Waals surface area contributed by atoms with Crippen molar-refractivity contribution in [3.8, 4) is 0 Å². The van der Waals surface area contributed by atoms with Crippen molar-refractivity contribution in [3.63, 3.8) is 0 Å². The first-order chi connectivity index (χ1) is 8.95. The van der Waals surface area contributed by atoms with E-state index >= 15 is 0 Å². The molecule has 19 heavy (non-hydrogen) atoms. The molecule has 2 atom stereocenters. The second-order valence-corrected chi connectivity index (χ2v) is 5.36. The van der Waals surface area contributed by atoms with Crippen molar-refractivity contribution >= 4 is 11.7 Å². The van der Waals surface area contributed by atoms with Crippen LogP contribution in [0.1, 0.15) is 37.7 Å². The number of hydrogen-bond acceptors (Lipinski definition) is 5. The van der Waals surface area contributed by atoms with Crippen LogP contribution < -0.4 is 11.1 Å². The summed E-state index contributed by atoms with van der Waals surface area (Å²) in [6, 6.07) is 0.0831. The molecule has 0 spiro atoms. The number of carbonyl (C=O) groups excluding carboxylic acids is 1. The lowest BCUT2D eigenvalue weighted by molar-refractivity contribution is -0.111. The van der Waals surface area contributed by atoms with E-state index in [0.29, 0.717) is 6.61 Å². The van der Waals surface area contributed by atoms with E-state index in [-0.39, 0.29) is 35.0 Å². The highest BCUT2D eigenvalue weighted by molar-refractivity contribution is 5.92. The number of nitrogens with zero attached hydrogens (tertiary/aromatic N) is 2. The van der Waals surface area contributed by atoms with Crippen molar-refractivity contribution in [1.82, 2.24) is 15.3 Å². The summed E-state index contributed by atoms with van der Waals surface area (Å²) in [5, 5.41) is 2.96. The van der Waals surface area contributed by atoms with Crippen LogP contribution in [0.15, 0.2) is 12.4 Å². The Labute approximate surface area is 112 Å². The third-order valence-corrected chi connectivity index (χ3v) is 3.74. The van der Waals surface area contributed by atoms with Gasteiger partial charge in [0, 0.05) is 18.1 Å². The van der Waals surface area contributed by atoms with E-state index in [1.54, 1.807) is 0 Å². The zero-order chi connectivity index (χ0) is 14.0. The van der Waals surface area contributed by atoms with Gasteiger partial charge in [0.15, 0.2) is 0 Å². The predicted octanol–water partition coefficient (Wildman–Crippen LogP) is 0.992. The lowest BCUT2D eigenvalue weighted by Crippen LogP contribution is -2.62. The maximum absolute atomic E-state index is 12.0. The molecule has 0 saturated heterocycles. The Hall–Kier alpha value is -1.69. The fraction of sp³-hybridized carbons (Fsp3) is 0.615. The summed E-state index contributed by atoms with van der Waals surface area (Å²) in [6.07, 6.45) is 3.84. The summed E-state index contributed by atoms with van der Waals surface area (Å²) in [6.45, 7) is 6.85. The molecule has 0 aromatic carbocycles. The first kappa shape index (κ1) is 13.7. The fourth-order valence-electron chi connectivity index (χ4n) is 2.34. The Morgan fingerprint density at radius 1 is 1.58 bits per heavy atom. The maximum Gasteiger partial charge on any atom is 0.271 e. The quantitative estimate of drug-likeness (QED) is 0.846. The highest BCUT2D eigenvalue weighted by Crippen LogP contribution is 2.42. The van der Waals surface area contributed by atoms with E-state index in [0.717, 1.165) is 6.42 Å². The van der Waals surface area contributed by atoms with Crippen molar-refractivity contribution in [3.05, 3.63) is 18.1 Å². The maximum atomic E-state index is 12.0. The van der Waals surface area contributed by atoms with Crippen LogP contribution in [0.4, 0.5) is 5.82 Å². The molecule has 1 aliphatic rings. The summed E-state index contributed by atoms with van der Waals surface area (Å²) < 4.78 is 5.63. The molecule has 1 fully saturated rings. The Morgan fingerprint density at radius 2 is 2.32 bits per heavy atom. The van der Waals surface area contributed by atoms with Gasteiger partial charge in [-0.2, -0.15) is 0 Å². The van der Waals surface area contributed by atoms with Crippen LogP contribution in [-0.2, 0) is 4.74 Å². The lowest BCUT2D eigenvalue weighted by Gasteiger charge is -2.51. The highest BCUT2D eigenvalue weighted by Gasteiger charge is 2.49. The molecule has 0 aliphatic heterocycles. The number of carbonyl (C=O) groups is 1. The normalized spacial score (nSPS) is 24.6. The fourth-order valence-corrected chi connectivity index (χ4v) is 2.34. The summed E-state index contributed by atoms with van der Waals surface area (Å²) in [7, 11) is 0. The average molecular weight is 264 g/mol. The van der Waals surface area contributed by atoms with E-state index in [1.807, 2.05) is 6.92 Å². The summed E-state index contributed by atoms with van der Waals surface area (Å²) >= 11 is 0. The number of anilines is 1. The second-order valence-electron chi connectivity index (χ2n) is 5.36. The van der Waals surface area contributed by atoms with Crippen molar-refractivity contribution < 1.29 is 9.53 Å². The molecule has 6 nitrogen and oxygen atoms in total. The Balaban J connectivity index is 1.98. The SMILES string of the molecule is CCOC1CC(NC(=O)c2cncc(N)n2)C1(C)C. The van der Waals surface area contributed by atoms with Crippen molar-refractivity contribution in [2.75, 3.05) is 12.3 Å². The van der Waals surface area contributed by atoms with Gasteiger partial charge in [0.1, 0.15) is 11.5 Å². The minimum absolute atomic E-state index is 0.0700. The van der Waals surface area contributed by atoms with Gasteiger partial charge in [-0.15, -0.1) is 0 Å². The van der Waals surface area contributed by atoms with Crippen LogP contribution in [0, 0.1) is 5.41 Å². The standard InChI is InChI=1S/C13H20N4O2/c1-4-19-10-5-9(13(10,2)3)17-12(18)8-6-15-7-11(14)16-8/h6-7,9-10H,4-5H2,1-3H3,(H2,14,16)(H,17,18). The monoisotopic (exact) mass is 264 g/mol. The van der Waals surface area contributed by atoms with Crippen LogP contribution in [-0.4, -0.2) is 34.6 Å². The molecular formula is C13H20N4O2. The molecule has 1 saturated carbocycles. The number of hydrogen-bond donors (Lipinski definition) is 2. The van der Waals surface area contributed by atoms with Crippen LogP contribution in [0.25, 0.3) is 0 Å². The van der Waals surface area contributed by atoms with Crippen LogP contribution in [0.5, 0.6) is 0 Å². The van der Waals surface area contributed by atoms with Crippen molar-refractivity contribution in [2.24, 2.45) is 5.41 Å². The van der Waals surface area contributed by atoms with E-state index in [9.17, 15) is 4.79 Å². The molecule has 0 radical (unpaired) electrons. The first-order valence-electron chi connectivity index (χ1n) is 6.45. The average Bonchev–Trinajstić information content (AvgIpc) is 2.37. The van der Waals surface area contributed by atoms with E-state index < -0.39 is 0 Å². The molecule has 104 valence electrons. The number of aromatic nitrogens is 2. The van der Waals surface area contributed by atoms with Gasteiger partial charge >= 0.3 is 0 Å². The van der Waals surface area contributed by atoms with Crippen LogP contribution in [0.2, 0.25) is 0 Å². The Bertz CT molecular complexity index is 475. The third kappa shape index (κ3) is 2.68. The zero-order valence-electron chi connectivity index (χ0n) is 11.5. The molecule has 2 rings (SSSR count). The van der Waals surface area contributed by atoms with Crippen LogP contribution in [0.3, 0.4) is 0 Å². The molecule has 1 aliphatic carbocycles. The molecule has 2 unspecified atom stereocenters. The van der Waals surface area contributed by atoms with Gasteiger partial charge < -0.3 is 15.8 Å². The molecule has 0 bridgehead atoms. The van der Waals surface area contributed by atoms with Crippen molar-refractivity contribution in [1.29, 1.82) is 0 Å². The van der Waals surface area contributed by atoms with Gasteiger partial charge in [0.2, 0.25) is 0 Å². The Morgan fingerprint density at radius 3 is 2.89 bits per heavy atom. The summed E-state index contributed by atoms with van der Waals surface area (Å²) in [5.41, 5.74) is 5.69. The molecular weight excluding hydrogens is 244 g/mol. The van der Waals surface area contributed by atoms with Crippen LogP contribution >= 0.6 is 0 Å². The van der Waals surface area contributed by atoms with E-state index in [1.165, 1.54) is 12.4 Å². The van der Waals surface area contributed by atoms with E-state index in [4.69, 9.17) is 10.5 Å². The van der Waals surface area contributed by atoms with Gasteiger partial charge in [0.05, 0.1) is 18.5 Å². The highest BCUT2D eigenvalue weighted by atomic mass is 16.5. The third-order valence-electron chi connectivity index (χ3n) is 3.74. The molecule has 1 amide bonds. The minimum atomic E-state index is -0.243. The van der Waals surface area contributed by atoms with Crippen molar-refractivity contribution in [2.45, 2.75) is 39.3 Å². The number of amides is 1. The number of nitrogens with two attached hydrogens (primary N) is 1. The molecule has 6 heteroatoms. The second kappa shape index (κ2) is 5.13. The molecule has 3 N–H and O–H groups in total. The van der Waals surface area contributed by atoms with Gasteiger partial charge in [-0.3, -0.25) is 9.78 Å². The number of nitrogen functional groups attached to an aromatic ring is 1. The Kier molecular flexibility index (Phi) is 3.71. The predicted molar refractivity (Wildman–Crippen MR) is 71.5 cm³/mol. The zero-order valence-corrected chi connectivity index (χ0v) is 11.5. The minimum Gasteiger partial charge on any atom is -0.382 e. The van der Waals surface area contributed by atoms with Gasteiger partial charge in [-0.1, -0.05) is 13.8 Å². The van der Waals surface area contributed by atoms with Gasteiger partial charge in [0.25, 0.3) is 5.91 Å². The molecule has 1 aromatic rings. The van der Waals surface area contributed by atoms with Gasteiger partial charge in [-0.25, -0.2) is 4.98 Å². The number of ether oxygens (including phenoxy) is 1. The molecule has 1 heterocycles. The lowest BCUT2D eigenvalue weighted by atomic mass is 9.64. The number of nitrogens with one attached hydrogen (secondary N) is 1. The number of rotatable bonds is 4. The summed E-state index contributed by atoms with van der Waals surface area (Å²) in [4.78, 5) is 19.9. The summed E-state index contributed by atoms with van der Waals surface area (Å²) in [5.74, 6) is 0.000496. The largest absolute Gasteiger partial charge is 0.382 e. The van der Waals surface area contributed by atoms with E-state index in [2.05, 4.69) is 29.1 Å². The topological polar surface area (TPSA) is 90.1 Å².